The molecule has 2 fully saturated rings. The first-order valence-corrected chi connectivity index (χ1v) is 11.2. The number of amides is 2. The van der Waals surface area contributed by atoms with Crippen molar-refractivity contribution in [3.8, 4) is 0 Å². The number of nitrogens with zero attached hydrogens (tertiary/aromatic N) is 4. The molecule has 1 aromatic rings. The molecule has 2 amide bonds. The molecule has 0 aromatic carbocycles. The molecule has 4 rings (SSSR count). The quantitative estimate of drug-likeness (QED) is 0.790. The third kappa shape index (κ3) is 4.28. The third-order valence-electron chi connectivity index (χ3n) is 7.05. The summed E-state index contributed by atoms with van der Waals surface area (Å²) in [5, 5.41) is 7.95. The monoisotopic (exact) mass is 437 g/mol. The molecule has 1 aromatic heterocycles. The van der Waals surface area contributed by atoms with Crippen molar-refractivity contribution in [1.82, 2.24) is 19.6 Å². The van der Waals surface area contributed by atoms with Crippen LogP contribution in [-0.4, -0.2) is 70.5 Å². The minimum atomic E-state index is -2.48. The fourth-order valence-electron chi connectivity index (χ4n) is 5.06. The number of alkyl halides is 2. The zero-order valence-corrected chi connectivity index (χ0v) is 18.8. The average molecular weight is 438 g/mol. The van der Waals surface area contributed by atoms with E-state index in [0.717, 1.165) is 18.5 Å². The molecule has 1 N–H and O–H groups in total. The summed E-state index contributed by atoms with van der Waals surface area (Å²) >= 11 is 0. The first-order valence-electron chi connectivity index (χ1n) is 11.2. The van der Waals surface area contributed by atoms with Gasteiger partial charge in [-0.1, -0.05) is 20.8 Å². The summed E-state index contributed by atoms with van der Waals surface area (Å²) in [6, 6.07) is 0.901. The summed E-state index contributed by atoms with van der Waals surface area (Å²) in [5.41, 5.74) is 0.591. The molecule has 4 heterocycles. The molecule has 31 heavy (non-hydrogen) atoms. The first kappa shape index (κ1) is 22.0. The lowest BCUT2D eigenvalue weighted by Crippen LogP contribution is -2.47. The summed E-state index contributed by atoms with van der Waals surface area (Å²) < 4.78 is 29.2. The van der Waals surface area contributed by atoms with E-state index in [0.29, 0.717) is 31.9 Å². The molecule has 2 saturated heterocycles. The number of carbonyl (C=O) groups is 2. The Hall–Kier alpha value is -2.19. The molecule has 0 spiro atoms. The van der Waals surface area contributed by atoms with Crippen molar-refractivity contribution < 1.29 is 18.4 Å². The standard InChI is InChI=1S/C22H33F2N5O2/c1-22(2,3)17-11-18-25-15(10-16(20(23)24)29(18)26-17)13-5-7-28(8-6-13)21(31)14-9-19(30)27(4)12-14/h11,13-16,20,25H,5-10,12H2,1-4H3/t14?,15-,16+/m0/s1. The van der Waals surface area contributed by atoms with Gasteiger partial charge in [-0.25, -0.2) is 13.5 Å². The summed E-state index contributed by atoms with van der Waals surface area (Å²) in [5.74, 6) is 0.697. The van der Waals surface area contributed by atoms with E-state index in [1.165, 1.54) is 4.68 Å². The highest BCUT2D eigenvalue weighted by molar-refractivity contribution is 5.89. The second-order valence-electron chi connectivity index (χ2n) is 10.3. The van der Waals surface area contributed by atoms with Crippen LogP contribution in [0.3, 0.4) is 0 Å². The Bertz CT molecular complexity index is 841. The number of likely N-dealkylation sites (tertiary alicyclic amines) is 2. The van der Waals surface area contributed by atoms with Crippen molar-refractivity contribution in [2.24, 2.45) is 11.8 Å². The van der Waals surface area contributed by atoms with Crippen molar-refractivity contribution in [3.05, 3.63) is 11.8 Å². The van der Waals surface area contributed by atoms with Crippen LogP contribution in [0.25, 0.3) is 0 Å². The molecule has 9 heteroatoms. The molecular formula is C22H33F2N5O2. The number of nitrogens with one attached hydrogen (secondary N) is 1. The zero-order valence-electron chi connectivity index (χ0n) is 18.8. The van der Waals surface area contributed by atoms with Crippen LogP contribution in [0, 0.1) is 11.8 Å². The van der Waals surface area contributed by atoms with Crippen molar-refractivity contribution in [1.29, 1.82) is 0 Å². The molecule has 0 bridgehead atoms. The van der Waals surface area contributed by atoms with Gasteiger partial charge in [0, 0.05) is 50.6 Å². The molecule has 0 aliphatic carbocycles. The molecule has 3 aliphatic heterocycles. The molecule has 3 atom stereocenters. The number of hydrogen-bond donors (Lipinski definition) is 1. The van der Waals surface area contributed by atoms with E-state index in [2.05, 4.69) is 10.4 Å². The Morgan fingerprint density at radius 1 is 1.26 bits per heavy atom. The van der Waals surface area contributed by atoms with Gasteiger partial charge in [0.05, 0.1) is 11.6 Å². The van der Waals surface area contributed by atoms with Crippen LogP contribution >= 0.6 is 0 Å². The highest BCUT2D eigenvalue weighted by Gasteiger charge is 2.40. The number of hydrogen-bond acceptors (Lipinski definition) is 4. The van der Waals surface area contributed by atoms with Gasteiger partial charge >= 0.3 is 0 Å². The molecule has 0 radical (unpaired) electrons. The minimum Gasteiger partial charge on any atom is -0.367 e. The third-order valence-corrected chi connectivity index (χ3v) is 7.05. The Kier molecular flexibility index (Phi) is 5.72. The Balaban J connectivity index is 1.41. The normalized spacial score (nSPS) is 27.6. The van der Waals surface area contributed by atoms with E-state index in [-0.39, 0.29) is 41.5 Å². The lowest BCUT2D eigenvalue weighted by atomic mass is 9.84. The largest absolute Gasteiger partial charge is 0.367 e. The maximum atomic E-state index is 13.9. The molecular weight excluding hydrogens is 404 g/mol. The number of piperidine rings is 1. The first-order chi connectivity index (χ1) is 14.5. The van der Waals surface area contributed by atoms with Crippen LogP contribution in [0.1, 0.15) is 58.2 Å². The average Bonchev–Trinajstić information content (AvgIpc) is 3.30. The number of fused-ring (bicyclic) bond motifs is 1. The number of aromatic nitrogens is 2. The zero-order chi connectivity index (χ0) is 22.5. The molecule has 172 valence electrons. The van der Waals surface area contributed by atoms with Gasteiger partial charge in [-0.15, -0.1) is 0 Å². The number of rotatable bonds is 3. The van der Waals surface area contributed by atoms with Crippen molar-refractivity contribution in [2.75, 3.05) is 32.0 Å². The maximum absolute atomic E-state index is 13.9. The highest BCUT2D eigenvalue weighted by Crippen LogP contribution is 2.38. The lowest BCUT2D eigenvalue weighted by molar-refractivity contribution is -0.137. The van der Waals surface area contributed by atoms with Gasteiger partial charge in [-0.2, -0.15) is 5.10 Å². The maximum Gasteiger partial charge on any atom is 0.260 e. The molecule has 3 aliphatic rings. The van der Waals surface area contributed by atoms with E-state index >= 15 is 0 Å². The fourth-order valence-corrected chi connectivity index (χ4v) is 5.06. The lowest BCUT2D eigenvalue weighted by Gasteiger charge is -2.41. The fraction of sp³-hybridized carbons (Fsp3) is 0.773. The second-order valence-corrected chi connectivity index (χ2v) is 10.3. The number of anilines is 1. The van der Waals surface area contributed by atoms with Crippen LogP contribution in [0.15, 0.2) is 6.07 Å². The van der Waals surface area contributed by atoms with Crippen LogP contribution < -0.4 is 5.32 Å². The van der Waals surface area contributed by atoms with E-state index in [1.54, 1.807) is 11.9 Å². The van der Waals surface area contributed by atoms with Crippen LogP contribution in [0.4, 0.5) is 14.6 Å². The Morgan fingerprint density at radius 2 is 1.94 bits per heavy atom. The van der Waals surface area contributed by atoms with Gasteiger partial charge in [0.15, 0.2) is 0 Å². The highest BCUT2D eigenvalue weighted by atomic mass is 19.3. The van der Waals surface area contributed by atoms with Gasteiger partial charge in [0.1, 0.15) is 11.9 Å². The topological polar surface area (TPSA) is 70.5 Å². The van der Waals surface area contributed by atoms with Gasteiger partial charge in [0.2, 0.25) is 11.8 Å². The van der Waals surface area contributed by atoms with Gasteiger partial charge in [0.25, 0.3) is 6.43 Å². The number of carbonyl (C=O) groups excluding carboxylic acids is 2. The molecule has 1 unspecified atom stereocenters. The van der Waals surface area contributed by atoms with E-state index in [9.17, 15) is 18.4 Å². The van der Waals surface area contributed by atoms with Gasteiger partial charge < -0.3 is 15.1 Å². The molecule has 7 nitrogen and oxygen atoms in total. The van der Waals surface area contributed by atoms with Crippen molar-refractivity contribution in [2.45, 2.75) is 70.4 Å². The van der Waals surface area contributed by atoms with Crippen molar-refractivity contribution in [3.63, 3.8) is 0 Å². The predicted octanol–water partition coefficient (Wildman–Crippen LogP) is 2.89. The smallest absolute Gasteiger partial charge is 0.260 e. The van der Waals surface area contributed by atoms with Gasteiger partial charge in [-0.05, 0) is 25.2 Å². The predicted molar refractivity (Wildman–Crippen MR) is 113 cm³/mol. The van der Waals surface area contributed by atoms with Crippen LogP contribution in [0.5, 0.6) is 0 Å². The van der Waals surface area contributed by atoms with Gasteiger partial charge in [-0.3, -0.25) is 9.59 Å². The summed E-state index contributed by atoms with van der Waals surface area (Å²) in [7, 11) is 1.73. The van der Waals surface area contributed by atoms with Crippen molar-refractivity contribution >= 4 is 17.6 Å². The summed E-state index contributed by atoms with van der Waals surface area (Å²) in [6.45, 7) is 7.79. The van der Waals surface area contributed by atoms with E-state index in [4.69, 9.17) is 0 Å². The molecule has 0 saturated carbocycles. The summed E-state index contributed by atoms with van der Waals surface area (Å²) in [6.07, 6.45) is -0.312. The number of halogens is 2. The SMILES string of the molecule is CN1CC(C(=O)N2CCC([C@@H]3C[C@H](C(F)F)n4nc(C(C)(C)C)cc4N3)CC2)CC1=O. The Morgan fingerprint density at radius 3 is 2.48 bits per heavy atom. The Labute approximate surface area is 182 Å². The summed E-state index contributed by atoms with van der Waals surface area (Å²) in [4.78, 5) is 28.0. The minimum absolute atomic E-state index is 0.0175. The van der Waals surface area contributed by atoms with Crippen LogP contribution in [-0.2, 0) is 15.0 Å². The van der Waals surface area contributed by atoms with E-state index in [1.807, 2.05) is 31.7 Å². The van der Waals surface area contributed by atoms with Crippen LogP contribution in [0.2, 0.25) is 0 Å². The van der Waals surface area contributed by atoms with E-state index < -0.39 is 12.5 Å². The second kappa shape index (κ2) is 8.06.